The number of hydrogen-bond donors (Lipinski definition) is 2. The molecule has 0 atom stereocenters. The number of carbonyl (C=O) groups is 1. The Morgan fingerprint density at radius 2 is 1.78 bits per heavy atom. The van der Waals surface area contributed by atoms with Gasteiger partial charge in [0.1, 0.15) is 5.82 Å². The average Bonchev–Trinajstić information content (AvgIpc) is 2.49. The number of rotatable bonds is 6. The van der Waals surface area contributed by atoms with Crippen LogP contribution in [0, 0.1) is 11.7 Å². The van der Waals surface area contributed by atoms with E-state index < -0.39 is 0 Å². The van der Waals surface area contributed by atoms with E-state index in [2.05, 4.69) is 15.6 Å². The first-order valence-electron chi connectivity index (χ1n) is 7.38. The van der Waals surface area contributed by atoms with E-state index in [0.29, 0.717) is 19.6 Å². The van der Waals surface area contributed by atoms with Crippen LogP contribution in [0.1, 0.15) is 19.4 Å². The zero-order valence-electron chi connectivity index (χ0n) is 14.1. The Kier molecular flexibility index (Phi) is 10.5. The third kappa shape index (κ3) is 8.15. The smallest absolute Gasteiger partial charge is 0.222 e. The second-order valence-electron chi connectivity index (χ2n) is 5.40. The Morgan fingerprint density at radius 1 is 1.22 bits per heavy atom. The number of benzene rings is 1. The second-order valence-corrected chi connectivity index (χ2v) is 5.40. The number of amides is 1. The standard InChI is InChI=1S/C16H25FN4O.HI/c1-12(2)15(22)19-9-10-20-16(18-3)21(4)11-13-5-7-14(17)8-6-13;/h5-8,12H,9-11H2,1-4H3,(H,18,20)(H,19,22);1H. The molecule has 7 heteroatoms. The molecule has 1 rings (SSSR count). The van der Waals surface area contributed by atoms with Crippen LogP contribution in [-0.4, -0.2) is 44.0 Å². The summed E-state index contributed by atoms with van der Waals surface area (Å²) in [7, 11) is 3.61. The van der Waals surface area contributed by atoms with Crippen molar-refractivity contribution in [1.82, 2.24) is 15.5 Å². The number of guanidine groups is 1. The van der Waals surface area contributed by atoms with E-state index >= 15 is 0 Å². The van der Waals surface area contributed by atoms with Gasteiger partial charge in [0.25, 0.3) is 0 Å². The van der Waals surface area contributed by atoms with Crippen LogP contribution in [0.25, 0.3) is 0 Å². The number of aliphatic imine (C=N–C) groups is 1. The lowest BCUT2D eigenvalue weighted by atomic mass is 10.2. The Balaban J connectivity index is 0.00000484. The van der Waals surface area contributed by atoms with Crippen LogP contribution in [0.5, 0.6) is 0 Å². The minimum absolute atomic E-state index is 0. The summed E-state index contributed by atoms with van der Waals surface area (Å²) in [6.45, 7) is 5.48. The largest absolute Gasteiger partial charge is 0.354 e. The fourth-order valence-electron chi connectivity index (χ4n) is 1.89. The van der Waals surface area contributed by atoms with E-state index in [9.17, 15) is 9.18 Å². The van der Waals surface area contributed by atoms with Gasteiger partial charge in [-0.05, 0) is 17.7 Å². The SMILES string of the molecule is CN=C(NCCNC(=O)C(C)C)N(C)Cc1ccc(F)cc1.I. The zero-order chi connectivity index (χ0) is 16.5. The van der Waals surface area contributed by atoms with Gasteiger partial charge in [-0.15, -0.1) is 24.0 Å². The highest BCUT2D eigenvalue weighted by Gasteiger charge is 2.08. The van der Waals surface area contributed by atoms with Gasteiger partial charge in [-0.25, -0.2) is 4.39 Å². The first-order valence-corrected chi connectivity index (χ1v) is 7.38. The number of carbonyl (C=O) groups excluding carboxylic acids is 1. The first-order chi connectivity index (χ1) is 10.4. The summed E-state index contributed by atoms with van der Waals surface area (Å²) in [4.78, 5) is 17.6. The molecule has 23 heavy (non-hydrogen) atoms. The van der Waals surface area contributed by atoms with Crippen LogP contribution in [0.2, 0.25) is 0 Å². The Bertz CT molecular complexity index is 505. The van der Waals surface area contributed by atoms with E-state index in [1.807, 2.05) is 25.8 Å². The highest BCUT2D eigenvalue weighted by atomic mass is 127. The fourth-order valence-corrected chi connectivity index (χ4v) is 1.89. The van der Waals surface area contributed by atoms with Crippen molar-refractivity contribution in [2.75, 3.05) is 27.2 Å². The Morgan fingerprint density at radius 3 is 2.30 bits per heavy atom. The topological polar surface area (TPSA) is 56.7 Å². The third-order valence-electron chi connectivity index (χ3n) is 3.14. The Hall–Kier alpha value is -1.38. The minimum Gasteiger partial charge on any atom is -0.354 e. The lowest BCUT2D eigenvalue weighted by molar-refractivity contribution is -0.123. The van der Waals surface area contributed by atoms with E-state index in [1.165, 1.54) is 12.1 Å². The molecule has 1 aromatic rings. The summed E-state index contributed by atoms with van der Waals surface area (Å²) in [6, 6.07) is 6.39. The quantitative estimate of drug-likeness (QED) is 0.311. The highest BCUT2D eigenvalue weighted by molar-refractivity contribution is 14.0. The molecule has 0 aliphatic carbocycles. The predicted octanol–water partition coefficient (Wildman–Crippen LogP) is 2.22. The third-order valence-corrected chi connectivity index (χ3v) is 3.14. The van der Waals surface area contributed by atoms with Gasteiger partial charge in [-0.1, -0.05) is 26.0 Å². The van der Waals surface area contributed by atoms with Crippen molar-refractivity contribution in [2.45, 2.75) is 20.4 Å². The molecule has 5 nitrogen and oxygen atoms in total. The lowest BCUT2D eigenvalue weighted by Crippen LogP contribution is -2.42. The molecule has 0 saturated heterocycles. The van der Waals surface area contributed by atoms with Crippen molar-refractivity contribution < 1.29 is 9.18 Å². The molecule has 0 radical (unpaired) electrons. The van der Waals surface area contributed by atoms with Crippen LogP contribution >= 0.6 is 24.0 Å². The molecular weight excluding hydrogens is 410 g/mol. The molecule has 1 aromatic carbocycles. The van der Waals surface area contributed by atoms with Crippen molar-refractivity contribution in [3.63, 3.8) is 0 Å². The molecule has 0 aliphatic rings. The lowest BCUT2D eigenvalue weighted by Gasteiger charge is -2.22. The summed E-state index contributed by atoms with van der Waals surface area (Å²) in [5, 5.41) is 6.02. The number of nitrogens with zero attached hydrogens (tertiary/aromatic N) is 2. The van der Waals surface area contributed by atoms with Gasteiger partial charge in [0.05, 0.1) is 0 Å². The van der Waals surface area contributed by atoms with E-state index in [4.69, 9.17) is 0 Å². The van der Waals surface area contributed by atoms with Crippen LogP contribution in [0.3, 0.4) is 0 Å². The monoisotopic (exact) mass is 436 g/mol. The fraction of sp³-hybridized carbons (Fsp3) is 0.500. The van der Waals surface area contributed by atoms with Crippen molar-refractivity contribution >= 4 is 35.8 Å². The molecule has 0 unspecified atom stereocenters. The van der Waals surface area contributed by atoms with Crippen molar-refractivity contribution in [1.29, 1.82) is 0 Å². The normalized spacial score (nSPS) is 11.0. The molecule has 0 bridgehead atoms. The van der Waals surface area contributed by atoms with Crippen molar-refractivity contribution in [3.8, 4) is 0 Å². The molecule has 0 aliphatic heterocycles. The summed E-state index contributed by atoms with van der Waals surface area (Å²) in [5.41, 5.74) is 1.000. The molecule has 0 saturated carbocycles. The summed E-state index contributed by atoms with van der Waals surface area (Å²) in [6.07, 6.45) is 0. The van der Waals surface area contributed by atoms with Gasteiger partial charge in [-0.2, -0.15) is 0 Å². The van der Waals surface area contributed by atoms with Gasteiger partial charge < -0.3 is 15.5 Å². The van der Waals surface area contributed by atoms with Gasteiger partial charge in [0.15, 0.2) is 5.96 Å². The van der Waals surface area contributed by atoms with Crippen LogP contribution in [0.4, 0.5) is 4.39 Å². The molecule has 0 spiro atoms. The maximum Gasteiger partial charge on any atom is 0.222 e. The summed E-state index contributed by atoms with van der Waals surface area (Å²) < 4.78 is 12.9. The van der Waals surface area contributed by atoms with Crippen LogP contribution in [0.15, 0.2) is 29.3 Å². The van der Waals surface area contributed by atoms with Crippen LogP contribution in [-0.2, 0) is 11.3 Å². The zero-order valence-corrected chi connectivity index (χ0v) is 16.4. The first kappa shape index (κ1) is 21.6. The summed E-state index contributed by atoms with van der Waals surface area (Å²) in [5.74, 6) is 0.509. The van der Waals surface area contributed by atoms with Gasteiger partial charge in [-0.3, -0.25) is 9.79 Å². The number of nitrogens with one attached hydrogen (secondary N) is 2. The molecule has 0 fully saturated rings. The molecule has 0 aromatic heterocycles. The van der Waals surface area contributed by atoms with Crippen molar-refractivity contribution in [3.05, 3.63) is 35.6 Å². The number of halogens is 2. The predicted molar refractivity (Wildman–Crippen MR) is 102 cm³/mol. The van der Waals surface area contributed by atoms with Crippen LogP contribution < -0.4 is 10.6 Å². The maximum absolute atomic E-state index is 12.9. The van der Waals surface area contributed by atoms with E-state index in [1.54, 1.807) is 19.2 Å². The van der Waals surface area contributed by atoms with Gasteiger partial charge in [0, 0.05) is 39.6 Å². The van der Waals surface area contributed by atoms with E-state index in [-0.39, 0.29) is 41.6 Å². The average molecular weight is 436 g/mol. The van der Waals surface area contributed by atoms with E-state index in [0.717, 1.165) is 11.5 Å². The summed E-state index contributed by atoms with van der Waals surface area (Å²) >= 11 is 0. The molecule has 0 heterocycles. The van der Waals surface area contributed by atoms with Gasteiger partial charge in [0.2, 0.25) is 5.91 Å². The second kappa shape index (κ2) is 11.2. The minimum atomic E-state index is -0.241. The molecule has 130 valence electrons. The van der Waals surface area contributed by atoms with Crippen molar-refractivity contribution in [2.24, 2.45) is 10.9 Å². The van der Waals surface area contributed by atoms with Gasteiger partial charge >= 0.3 is 0 Å². The Labute approximate surface area is 154 Å². The molecule has 1 amide bonds. The maximum atomic E-state index is 12.9. The highest BCUT2D eigenvalue weighted by Crippen LogP contribution is 2.05. The molecular formula is C16H26FIN4O. The number of hydrogen-bond acceptors (Lipinski definition) is 2. The molecule has 2 N–H and O–H groups in total.